The first-order valence-corrected chi connectivity index (χ1v) is 8.93. The van der Waals surface area contributed by atoms with Crippen molar-refractivity contribution >= 4 is 49.4 Å². The summed E-state index contributed by atoms with van der Waals surface area (Å²) < 4.78 is 1.33. The third-order valence-corrected chi connectivity index (χ3v) is 5.49. The van der Waals surface area contributed by atoms with Crippen molar-refractivity contribution in [1.29, 1.82) is 0 Å². The molecule has 1 aliphatic carbocycles. The number of benzene rings is 1. The zero-order valence-corrected chi connectivity index (χ0v) is 13.8. The Morgan fingerprint density at radius 1 is 1.12 bits per heavy atom. The van der Waals surface area contributed by atoms with E-state index in [2.05, 4.69) is 32.8 Å². The number of aromatic nitrogens is 2. The molecule has 1 fully saturated rings. The molecule has 0 atom stereocenters. The summed E-state index contributed by atoms with van der Waals surface area (Å²) in [5.41, 5.74) is 10.9. The molecule has 3 heterocycles. The summed E-state index contributed by atoms with van der Waals surface area (Å²) in [4.78, 5) is 8.71. The highest BCUT2D eigenvalue weighted by atomic mass is 32.1. The van der Waals surface area contributed by atoms with E-state index < -0.39 is 0 Å². The summed E-state index contributed by atoms with van der Waals surface area (Å²) >= 11 is 1.83. The molecule has 0 radical (unpaired) electrons. The molecule has 0 bridgehead atoms. The number of nitrogens with one attached hydrogen (secondary N) is 1. The van der Waals surface area contributed by atoms with Crippen LogP contribution in [0.1, 0.15) is 24.3 Å². The molecule has 1 aliphatic rings. The van der Waals surface area contributed by atoms with Crippen LogP contribution < -0.4 is 11.1 Å². The lowest BCUT2D eigenvalue weighted by molar-refractivity contribution is 1.16. The van der Waals surface area contributed by atoms with E-state index in [9.17, 15) is 0 Å². The highest BCUT2D eigenvalue weighted by Gasteiger charge is 2.26. The van der Waals surface area contributed by atoms with Crippen LogP contribution in [0.15, 0.2) is 48.2 Å². The Morgan fingerprint density at radius 2 is 2.04 bits per heavy atom. The lowest BCUT2D eigenvalue weighted by Gasteiger charge is -2.10. The van der Waals surface area contributed by atoms with E-state index in [0.29, 0.717) is 5.69 Å². The topological polar surface area (TPSA) is 63.8 Å². The molecule has 5 rings (SSSR count). The van der Waals surface area contributed by atoms with Gasteiger partial charge in [0.2, 0.25) is 0 Å². The van der Waals surface area contributed by atoms with Gasteiger partial charge in [0, 0.05) is 28.2 Å². The van der Waals surface area contributed by atoms with Gasteiger partial charge in [-0.3, -0.25) is 9.97 Å². The van der Waals surface area contributed by atoms with Gasteiger partial charge in [-0.1, -0.05) is 0 Å². The first kappa shape index (κ1) is 13.7. The number of rotatable bonds is 3. The minimum absolute atomic E-state index is 0.646. The Morgan fingerprint density at radius 3 is 2.88 bits per heavy atom. The van der Waals surface area contributed by atoms with Gasteiger partial charge < -0.3 is 11.1 Å². The van der Waals surface area contributed by atoms with Crippen molar-refractivity contribution < 1.29 is 0 Å². The maximum Gasteiger partial charge on any atom is 0.0729 e. The van der Waals surface area contributed by atoms with Crippen molar-refractivity contribution in [1.82, 2.24) is 9.97 Å². The maximum atomic E-state index is 5.82. The van der Waals surface area contributed by atoms with Gasteiger partial charge in [-0.2, -0.15) is 0 Å². The number of thiophene rings is 1. The van der Waals surface area contributed by atoms with Gasteiger partial charge >= 0.3 is 0 Å². The smallest absolute Gasteiger partial charge is 0.0729 e. The normalized spacial score (nSPS) is 14.3. The zero-order chi connectivity index (χ0) is 16.1. The summed E-state index contributed by atoms with van der Waals surface area (Å²) in [6.45, 7) is 0. The molecule has 5 heteroatoms. The molecule has 1 saturated carbocycles. The molecule has 4 nitrogen and oxygen atoms in total. The standard InChI is InChI=1S/C19H16N4S/c20-12-5-13(9-21-8-12)23-17-3-4-22-18-6-14-16(11-1-2-11)10-24-19(14)7-15(17)18/h3-11H,1-2,20H2,(H,22,23). The quantitative estimate of drug-likeness (QED) is 0.551. The molecular formula is C19H16N4S. The van der Waals surface area contributed by atoms with E-state index in [-0.39, 0.29) is 0 Å². The van der Waals surface area contributed by atoms with E-state index in [1.165, 1.54) is 28.5 Å². The fraction of sp³-hybridized carbons (Fsp3) is 0.158. The highest BCUT2D eigenvalue weighted by Crippen LogP contribution is 2.46. The summed E-state index contributed by atoms with van der Waals surface area (Å²) in [7, 11) is 0. The second-order valence-electron chi connectivity index (χ2n) is 6.32. The number of nitrogens with two attached hydrogens (primary N) is 1. The minimum Gasteiger partial charge on any atom is -0.397 e. The van der Waals surface area contributed by atoms with Gasteiger partial charge in [-0.15, -0.1) is 11.3 Å². The van der Waals surface area contributed by atoms with Crippen LogP contribution in [-0.2, 0) is 0 Å². The van der Waals surface area contributed by atoms with Crippen molar-refractivity contribution in [2.24, 2.45) is 0 Å². The maximum absolute atomic E-state index is 5.82. The molecule has 0 aliphatic heterocycles. The van der Waals surface area contributed by atoms with E-state index >= 15 is 0 Å². The second-order valence-corrected chi connectivity index (χ2v) is 7.23. The second kappa shape index (κ2) is 5.18. The van der Waals surface area contributed by atoms with Gasteiger partial charge in [0.15, 0.2) is 0 Å². The number of anilines is 3. The van der Waals surface area contributed by atoms with Crippen molar-refractivity contribution in [3.05, 3.63) is 53.8 Å². The number of nitrogens with zero attached hydrogens (tertiary/aromatic N) is 2. The Bertz CT molecular complexity index is 1070. The van der Waals surface area contributed by atoms with Crippen LogP contribution in [0.2, 0.25) is 0 Å². The van der Waals surface area contributed by atoms with Crippen molar-refractivity contribution in [3.8, 4) is 0 Å². The lowest BCUT2D eigenvalue weighted by Crippen LogP contribution is -1.95. The van der Waals surface area contributed by atoms with Gasteiger partial charge in [0.1, 0.15) is 0 Å². The third-order valence-electron chi connectivity index (χ3n) is 4.52. The van der Waals surface area contributed by atoms with E-state index in [4.69, 9.17) is 5.73 Å². The number of fused-ring (bicyclic) bond motifs is 2. The van der Waals surface area contributed by atoms with Crippen LogP contribution >= 0.6 is 11.3 Å². The predicted molar refractivity (Wildman–Crippen MR) is 101 cm³/mol. The van der Waals surface area contributed by atoms with E-state index in [0.717, 1.165) is 28.2 Å². The first-order chi connectivity index (χ1) is 11.8. The van der Waals surface area contributed by atoms with Gasteiger partial charge in [0.25, 0.3) is 0 Å². The van der Waals surface area contributed by atoms with E-state index in [1.54, 1.807) is 12.4 Å². The van der Waals surface area contributed by atoms with E-state index in [1.807, 2.05) is 29.7 Å². The average Bonchev–Trinajstić information content (AvgIpc) is 3.34. The van der Waals surface area contributed by atoms with Crippen LogP contribution in [0.3, 0.4) is 0 Å². The Balaban J connectivity index is 1.65. The molecule has 0 spiro atoms. The van der Waals surface area contributed by atoms with Crippen LogP contribution in [0, 0.1) is 0 Å². The fourth-order valence-corrected chi connectivity index (χ4v) is 4.25. The monoisotopic (exact) mass is 332 g/mol. The summed E-state index contributed by atoms with van der Waals surface area (Å²) in [6, 6.07) is 8.36. The average molecular weight is 332 g/mol. The SMILES string of the molecule is Nc1cncc(Nc2ccnc3cc4c(C5CC5)csc4cc23)c1. The Hall–Kier alpha value is -2.66. The largest absolute Gasteiger partial charge is 0.397 e. The Kier molecular flexibility index (Phi) is 2.97. The highest BCUT2D eigenvalue weighted by molar-refractivity contribution is 7.17. The van der Waals surface area contributed by atoms with Gasteiger partial charge in [-0.25, -0.2) is 0 Å². The summed E-state index contributed by atoms with van der Waals surface area (Å²) in [6.07, 6.45) is 7.91. The molecule has 4 aromatic rings. The summed E-state index contributed by atoms with van der Waals surface area (Å²) in [5, 5.41) is 8.22. The molecule has 1 aromatic carbocycles. The molecule has 0 amide bonds. The molecule has 118 valence electrons. The molecule has 24 heavy (non-hydrogen) atoms. The first-order valence-electron chi connectivity index (χ1n) is 8.05. The molecule has 3 N–H and O–H groups in total. The van der Waals surface area contributed by atoms with Crippen LogP contribution in [-0.4, -0.2) is 9.97 Å². The lowest BCUT2D eigenvalue weighted by atomic mass is 10.1. The van der Waals surface area contributed by atoms with Gasteiger partial charge in [0.05, 0.1) is 23.1 Å². The van der Waals surface area contributed by atoms with Crippen LogP contribution in [0.25, 0.3) is 21.0 Å². The van der Waals surface area contributed by atoms with Gasteiger partial charge in [-0.05, 0) is 59.4 Å². The molecule has 3 aromatic heterocycles. The van der Waals surface area contributed by atoms with Crippen LogP contribution in [0.5, 0.6) is 0 Å². The zero-order valence-electron chi connectivity index (χ0n) is 13.0. The minimum atomic E-state index is 0.646. The number of pyridine rings is 2. The van der Waals surface area contributed by atoms with Crippen molar-refractivity contribution in [2.75, 3.05) is 11.1 Å². The summed E-state index contributed by atoms with van der Waals surface area (Å²) in [5.74, 6) is 0.760. The predicted octanol–water partition coefficient (Wildman–Crippen LogP) is 5.05. The molecular weight excluding hydrogens is 316 g/mol. The molecule has 0 unspecified atom stereocenters. The van der Waals surface area contributed by atoms with Crippen molar-refractivity contribution in [3.63, 3.8) is 0 Å². The number of hydrogen-bond donors (Lipinski definition) is 2. The number of hydrogen-bond acceptors (Lipinski definition) is 5. The van der Waals surface area contributed by atoms with Crippen LogP contribution in [0.4, 0.5) is 17.1 Å². The fourth-order valence-electron chi connectivity index (χ4n) is 3.19. The third kappa shape index (κ3) is 2.29. The molecule has 0 saturated heterocycles. The van der Waals surface area contributed by atoms with Crippen molar-refractivity contribution in [2.45, 2.75) is 18.8 Å². The number of nitrogen functional groups attached to an aromatic ring is 1. The Labute approximate surface area is 143 Å².